The Balaban J connectivity index is 1.79. The third-order valence-corrected chi connectivity index (χ3v) is 5.57. The highest BCUT2D eigenvalue weighted by molar-refractivity contribution is 5.99. The van der Waals surface area contributed by atoms with Gasteiger partial charge in [0, 0.05) is 17.7 Å². The van der Waals surface area contributed by atoms with Crippen molar-refractivity contribution in [3.63, 3.8) is 0 Å². The first kappa shape index (κ1) is 21.5. The molecule has 0 saturated carbocycles. The minimum Gasteiger partial charge on any atom is -0.344 e. The van der Waals surface area contributed by atoms with Crippen molar-refractivity contribution in [3.8, 4) is 22.6 Å². The lowest BCUT2D eigenvalue weighted by Crippen LogP contribution is -2.29. The Morgan fingerprint density at radius 1 is 0.969 bits per heavy atom. The number of aryl methyl sites for hydroxylation is 1. The quantitative estimate of drug-likeness (QED) is 0.400. The Bertz CT molecular complexity index is 1210. The molecule has 0 bridgehead atoms. The second-order valence-corrected chi connectivity index (χ2v) is 7.86. The van der Waals surface area contributed by atoms with Crippen LogP contribution < -0.4 is 5.32 Å². The Morgan fingerprint density at radius 2 is 1.62 bits per heavy atom. The fourth-order valence-electron chi connectivity index (χ4n) is 3.81. The number of carbonyl (C=O) groups is 1. The van der Waals surface area contributed by atoms with Crippen LogP contribution in [0.4, 0.5) is 4.39 Å². The van der Waals surface area contributed by atoms with E-state index in [1.165, 1.54) is 12.1 Å². The molecule has 0 aliphatic heterocycles. The molecular formula is C27H26FN3O. The number of imidazole rings is 1. The maximum absolute atomic E-state index is 13.5. The lowest BCUT2D eigenvalue weighted by atomic mass is 10.1. The molecule has 4 aromatic rings. The lowest BCUT2D eigenvalue weighted by molar-refractivity contribution is 0.0931. The minimum absolute atomic E-state index is 0.214. The number of carbonyl (C=O) groups excluding carboxylic acids is 1. The van der Waals surface area contributed by atoms with Gasteiger partial charge in [-0.05, 0) is 38.5 Å². The second-order valence-electron chi connectivity index (χ2n) is 7.86. The normalized spacial score (nSPS) is 11.9. The van der Waals surface area contributed by atoms with Gasteiger partial charge >= 0.3 is 0 Å². The van der Waals surface area contributed by atoms with Gasteiger partial charge in [0.2, 0.25) is 0 Å². The first-order valence-electron chi connectivity index (χ1n) is 10.8. The van der Waals surface area contributed by atoms with Crippen molar-refractivity contribution in [2.24, 2.45) is 0 Å². The van der Waals surface area contributed by atoms with E-state index in [0.29, 0.717) is 17.9 Å². The highest BCUT2D eigenvalue weighted by atomic mass is 19.1. The van der Waals surface area contributed by atoms with Gasteiger partial charge in [-0.2, -0.15) is 0 Å². The van der Waals surface area contributed by atoms with E-state index < -0.39 is 0 Å². The number of nitrogens with one attached hydrogen (secondary N) is 1. The molecule has 1 aromatic heterocycles. The van der Waals surface area contributed by atoms with Crippen molar-refractivity contribution in [2.45, 2.75) is 33.4 Å². The van der Waals surface area contributed by atoms with Crippen LogP contribution in [0.5, 0.6) is 0 Å². The van der Waals surface area contributed by atoms with Crippen LogP contribution in [0.3, 0.4) is 0 Å². The van der Waals surface area contributed by atoms with Gasteiger partial charge in [0.05, 0.1) is 6.04 Å². The Kier molecular flexibility index (Phi) is 6.17. The molecule has 1 N–H and O–H groups in total. The molecule has 162 valence electrons. The largest absolute Gasteiger partial charge is 0.344 e. The number of halogens is 1. The summed E-state index contributed by atoms with van der Waals surface area (Å²) in [6.07, 6.45) is 0. The smallest absolute Gasteiger partial charge is 0.270 e. The first-order valence-corrected chi connectivity index (χ1v) is 10.8. The lowest BCUT2D eigenvalue weighted by Gasteiger charge is -2.16. The second kappa shape index (κ2) is 9.18. The molecule has 3 aromatic carbocycles. The summed E-state index contributed by atoms with van der Waals surface area (Å²) < 4.78 is 15.3. The monoisotopic (exact) mass is 427 g/mol. The highest BCUT2D eigenvalue weighted by Gasteiger charge is 2.25. The van der Waals surface area contributed by atoms with Gasteiger partial charge in [-0.3, -0.25) is 4.79 Å². The van der Waals surface area contributed by atoms with E-state index in [0.717, 1.165) is 28.1 Å². The van der Waals surface area contributed by atoms with E-state index in [9.17, 15) is 9.18 Å². The molecular weight excluding hydrogens is 401 g/mol. The number of hydrogen-bond donors (Lipinski definition) is 1. The molecule has 32 heavy (non-hydrogen) atoms. The van der Waals surface area contributed by atoms with Crippen LogP contribution in [-0.2, 0) is 6.54 Å². The average molecular weight is 428 g/mol. The summed E-state index contributed by atoms with van der Waals surface area (Å²) >= 11 is 0. The van der Waals surface area contributed by atoms with E-state index in [1.54, 1.807) is 12.1 Å². The molecule has 0 spiro atoms. The zero-order chi connectivity index (χ0) is 22.7. The van der Waals surface area contributed by atoms with Crippen molar-refractivity contribution in [2.75, 3.05) is 0 Å². The summed E-state index contributed by atoms with van der Waals surface area (Å²) in [5.41, 5.74) is 4.98. The number of benzene rings is 3. The Morgan fingerprint density at radius 3 is 2.25 bits per heavy atom. The molecule has 1 amide bonds. The van der Waals surface area contributed by atoms with Crippen LogP contribution in [0.25, 0.3) is 22.6 Å². The van der Waals surface area contributed by atoms with Gasteiger partial charge in [-0.25, -0.2) is 9.37 Å². The third kappa shape index (κ3) is 4.33. The summed E-state index contributed by atoms with van der Waals surface area (Å²) in [7, 11) is 0. The zero-order valence-corrected chi connectivity index (χ0v) is 18.5. The average Bonchev–Trinajstić information content (AvgIpc) is 3.20. The van der Waals surface area contributed by atoms with Crippen molar-refractivity contribution in [3.05, 3.63) is 102 Å². The number of nitrogens with zero attached hydrogens (tertiary/aromatic N) is 2. The maximum Gasteiger partial charge on any atom is 0.270 e. The number of amides is 1. The topological polar surface area (TPSA) is 46.9 Å². The molecule has 1 heterocycles. The number of hydrogen-bond acceptors (Lipinski definition) is 2. The fourth-order valence-corrected chi connectivity index (χ4v) is 3.81. The summed E-state index contributed by atoms with van der Waals surface area (Å²) in [5.74, 6) is 0.239. The standard InChI is InChI=1S/C27H26FN3O/c1-4-31-25(27(32)29-19(3)20-14-16-23(28)17-15-20)24(21-12-10-18(2)11-13-21)30-26(31)22-8-6-5-7-9-22/h5-17,19H,4H2,1-3H3,(H,29,32). The van der Waals surface area contributed by atoms with Crippen LogP contribution >= 0.6 is 0 Å². The Hall–Kier alpha value is -3.73. The molecule has 0 aliphatic rings. The van der Waals surface area contributed by atoms with Crippen LogP contribution in [0.15, 0.2) is 78.9 Å². The third-order valence-electron chi connectivity index (χ3n) is 5.57. The number of rotatable bonds is 6. The van der Waals surface area contributed by atoms with Crippen LogP contribution in [0.1, 0.15) is 41.5 Å². The van der Waals surface area contributed by atoms with Gasteiger partial charge in [0.25, 0.3) is 5.91 Å². The summed E-state index contributed by atoms with van der Waals surface area (Å²) in [6.45, 7) is 6.52. The van der Waals surface area contributed by atoms with Crippen molar-refractivity contribution in [1.82, 2.24) is 14.9 Å². The summed E-state index contributed by atoms with van der Waals surface area (Å²) in [4.78, 5) is 18.5. The van der Waals surface area contributed by atoms with E-state index in [4.69, 9.17) is 4.98 Å². The van der Waals surface area contributed by atoms with Crippen LogP contribution in [0, 0.1) is 12.7 Å². The van der Waals surface area contributed by atoms with Crippen molar-refractivity contribution < 1.29 is 9.18 Å². The molecule has 4 nitrogen and oxygen atoms in total. The molecule has 0 fully saturated rings. The predicted molar refractivity (Wildman–Crippen MR) is 126 cm³/mol. The predicted octanol–water partition coefficient (Wildman–Crippen LogP) is 6.18. The maximum atomic E-state index is 13.5. The SMILES string of the molecule is CCn1c(-c2ccccc2)nc(-c2ccc(C)cc2)c1C(=O)NC(C)c1ccc(F)cc1. The summed E-state index contributed by atoms with van der Waals surface area (Å²) in [6, 6.07) is 23.8. The van der Waals surface area contributed by atoms with E-state index in [-0.39, 0.29) is 17.8 Å². The van der Waals surface area contributed by atoms with Crippen LogP contribution in [0.2, 0.25) is 0 Å². The van der Waals surface area contributed by atoms with Gasteiger partial charge < -0.3 is 9.88 Å². The summed E-state index contributed by atoms with van der Waals surface area (Å²) in [5, 5.41) is 3.07. The molecule has 0 saturated heterocycles. The highest BCUT2D eigenvalue weighted by Crippen LogP contribution is 2.30. The van der Waals surface area contributed by atoms with Crippen molar-refractivity contribution >= 4 is 5.91 Å². The fraction of sp³-hybridized carbons (Fsp3) is 0.185. The van der Waals surface area contributed by atoms with Gasteiger partial charge in [-0.15, -0.1) is 0 Å². The van der Waals surface area contributed by atoms with Gasteiger partial charge in [0.15, 0.2) is 0 Å². The minimum atomic E-state index is -0.300. The molecule has 4 rings (SSSR count). The first-order chi connectivity index (χ1) is 15.5. The van der Waals surface area contributed by atoms with Gasteiger partial charge in [-0.1, -0.05) is 72.3 Å². The Labute approximate surface area is 187 Å². The molecule has 1 unspecified atom stereocenters. The number of aromatic nitrogens is 2. The van der Waals surface area contributed by atoms with Crippen LogP contribution in [-0.4, -0.2) is 15.5 Å². The molecule has 0 radical (unpaired) electrons. The molecule has 1 atom stereocenters. The van der Waals surface area contributed by atoms with E-state index >= 15 is 0 Å². The van der Waals surface area contributed by atoms with Crippen molar-refractivity contribution in [1.29, 1.82) is 0 Å². The molecule has 5 heteroatoms. The van der Waals surface area contributed by atoms with E-state index in [1.807, 2.05) is 79.9 Å². The molecule has 0 aliphatic carbocycles. The van der Waals surface area contributed by atoms with Gasteiger partial charge in [0.1, 0.15) is 23.0 Å². The zero-order valence-electron chi connectivity index (χ0n) is 18.5. The van der Waals surface area contributed by atoms with E-state index in [2.05, 4.69) is 5.32 Å².